The summed E-state index contributed by atoms with van der Waals surface area (Å²) in [6, 6.07) is 5.57. The molecule has 0 bridgehead atoms. The van der Waals surface area contributed by atoms with Gasteiger partial charge in [0.15, 0.2) is 11.5 Å². The normalized spacial score (nSPS) is 10.6. The molecule has 0 aliphatic carbocycles. The number of rotatable bonds is 5. The molecular weight excluding hydrogens is 310 g/mol. The van der Waals surface area contributed by atoms with Gasteiger partial charge in [0.05, 0.1) is 29.2 Å². The molecule has 0 aliphatic rings. The van der Waals surface area contributed by atoms with Crippen molar-refractivity contribution < 1.29 is 19.6 Å². The van der Waals surface area contributed by atoms with Gasteiger partial charge in [-0.3, -0.25) is 14.9 Å². The standard InChI is InChI=1S/C13H11N3O5S/c1-21-10-6-9(16(19)20)5-8(12(10)17)7-14-15-13(18)11-3-2-4-22-11/h2-7,17H,1H3,(H,15,18). The highest BCUT2D eigenvalue weighted by molar-refractivity contribution is 7.12. The van der Waals surface area contributed by atoms with Crippen LogP contribution < -0.4 is 10.2 Å². The van der Waals surface area contributed by atoms with E-state index in [1.54, 1.807) is 17.5 Å². The first kappa shape index (κ1) is 15.4. The van der Waals surface area contributed by atoms with Crippen LogP contribution in [0.4, 0.5) is 5.69 Å². The number of amides is 1. The monoisotopic (exact) mass is 321 g/mol. The Kier molecular flexibility index (Phi) is 4.69. The minimum absolute atomic E-state index is 0.0533. The van der Waals surface area contributed by atoms with Gasteiger partial charge >= 0.3 is 0 Å². The highest BCUT2D eigenvalue weighted by atomic mass is 32.1. The molecule has 9 heteroatoms. The number of non-ortho nitro benzene ring substituents is 1. The molecule has 0 aliphatic heterocycles. The zero-order valence-electron chi connectivity index (χ0n) is 11.3. The molecule has 1 aromatic carbocycles. The lowest BCUT2D eigenvalue weighted by molar-refractivity contribution is -0.385. The molecule has 8 nitrogen and oxygen atoms in total. The predicted molar refractivity (Wildman–Crippen MR) is 80.7 cm³/mol. The number of hydrogen-bond donors (Lipinski definition) is 2. The highest BCUT2D eigenvalue weighted by Gasteiger charge is 2.15. The van der Waals surface area contributed by atoms with Crippen LogP contribution in [0.25, 0.3) is 0 Å². The Labute approximate surface area is 128 Å². The highest BCUT2D eigenvalue weighted by Crippen LogP contribution is 2.33. The average molecular weight is 321 g/mol. The van der Waals surface area contributed by atoms with Crippen molar-refractivity contribution >= 4 is 29.1 Å². The summed E-state index contributed by atoms with van der Waals surface area (Å²) >= 11 is 1.25. The van der Waals surface area contributed by atoms with Gasteiger partial charge in [-0.2, -0.15) is 5.10 Å². The second kappa shape index (κ2) is 6.68. The van der Waals surface area contributed by atoms with Crippen molar-refractivity contribution in [2.24, 2.45) is 5.10 Å². The number of benzene rings is 1. The maximum atomic E-state index is 11.7. The summed E-state index contributed by atoms with van der Waals surface area (Å²) in [5.41, 5.74) is 2.06. The van der Waals surface area contributed by atoms with Crippen molar-refractivity contribution in [2.75, 3.05) is 7.11 Å². The van der Waals surface area contributed by atoms with Crippen LogP contribution in [0.5, 0.6) is 11.5 Å². The van der Waals surface area contributed by atoms with E-state index in [-0.39, 0.29) is 22.7 Å². The number of ether oxygens (including phenoxy) is 1. The van der Waals surface area contributed by atoms with Gasteiger partial charge in [0.1, 0.15) is 0 Å². The molecule has 2 aromatic rings. The minimum atomic E-state index is -0.621. The van der Waals surface area contributed by atoms with Crippen molar-refractivity contribution in [3.63, 3.8) is 0 Å². The van der Waals surface area contributed by atoms with Gasteiger partial charge in [-0.15, -0.1) is 11.3 Å². The lowest BCUT2D eigenvalue weighted by atomic mass is 10.2. The van der Waals surface area contributed by atoms with Gasteiger partial charge < -0.3 is 9.84 Å². The second-order valence-electron chi connectivity index (χ2n) is 4.02. The number of nitro groups is 1. The molecule has 2 N–H and O–H groups in total. The van der Waals surface area contributed by atoms with Crippen molar-refractivity contribution in [1.29, 1.82) is 0 Å². The predicted octanol–water partition coefficient (Wildman–Crippen LogP) is 2.13. The summed E-state index contributed by atoms with van der Waals surface area (Å²) < 4.78 is 4.86. The van der Waals surface area contributed by atoms with E-state index in [1.165, 1.54) is 18.4 Å². The summed E-state index contributed by atoms with van der Waals surface area (Å²) in [5, 5.41) is 26.1. The van der Waals surface area contributed by atoms with Crippen LogP contribution in [0.15, 0.2) is 34.7 Å². The van der Waals surface area contributed by atoms with Crippen LogP contribution in [-0.4, -0.2) is 29.3 Å². The topological polar surface area (TPSA) is 114 Å². The molecule has 2 rings (SSSR count). The number of carbonyl (C=O) groups excluding carboxylic acids is 1. The van der Waals surface area contributed by atoms with Crippen LogP contribution in [0, 0.1) is 10.1 Å². The van der Waals surface area contributed by atoms with Crippen molar-refractivity contribution in [3.8, 4) is 11.5 Å². The Morgan fingerprint density at radius 3 is 2.91 bits per heavy atom. The summed E-state index contributed by atoms with van der Waals surface area (Å²) in [4.78, 5) is 22.3. The Balaban J connectivity index is 2.21. The molecular formula is C13H11N3O5S. The molecule has 0 atom stereocenters. The molecule has 0 spiro atoms. The van der Waals surface area contributed by atoms with Crippen LogP contribution in [0.3, 0.4) is 0 Å². The zero-order valence-corrected chi connectivity index (χ0v) is 12.2. The van der Waals surface area contributed by atoms with E-state index in [0.717, 1.165) is 18.3 Å². The largest absolute Gasteiger partial charge is 0.504 e. The molecule has 114 valence electrons. The first-order valence-electron chi connectivity index (χ1n) is 5.95. The first-order valence-corrected chi connectivity index (χ1v) is 6.83. The van der Waals surface area contributed by atoms with Crippen molar-refractivity contribution in [3.05, 3.63) is 50.2 Å². The van der Waals surface area contributed by atoms with E-state index < -0.39 is 10.8 Å². The zero-order chi connectivity index (χ0) is 16.1. The van der Waals surface area contributed by atoms with E-state index in [0.29, 0.717) is 4.88 Å². The van der Waals surface area contributed by atoms with Crippen molar-refractivity contribution in [2.45, 2.75) is 0 Å². The lowest BCUT2D eigenvalue weighted by Gasteiger charge is -2.05. The Hall–Kier alpha value is -2.94. The number of aromatic hydroxyl groups is 1. The third-order valence-corrected chi connectivity index (χ3v) is 3.50. The van der Waals surface area contributed by atoms with Gasteiger partial charge in [-0.25, -0.2) is 5.43 Å². The molecule has 0 saturated heterocycles. The van der Waals surface area contributed by atoms with E-state index >= 15 is 0 Å². The smallest absolute Gasteiger partial charge is 0.281 e. The number of phenols is 1. The Bertz CT molecular complexity index is 728. The number of nitrogens with one attached hydrogen (secondary N) is 1. The summed E-state index contributed by atoms with van der Waals surface area (Å²) in [5.74, 6) is -0.773. The summed E-state index contributed by atoms with van der Waals surface area (Å²) in [6.45, 7) is 0. The fourth-order valence-electron chi connectivity index (χ4n) is 1.60. The van der Waals surface area contributed by atoms with E-state index in [4.69, 9.17) is 4.74 Å². The summed E-state index contributed by atoms with van der Waals surface area (Å²) in [7, 11) is 1.28. The molecule has 22 heavy (non-hydrogen) atoms. The average Bonchev–Trinajstić information content (AvgIpc) is 3.03. The van der Waals surface area contributed by atoms with Gasteiger partial charge in [0, 0.05) is 11.6 Å². The molecule has 0 saturated carbocycles. The Morgan fingerprint density at radius 1 is 1.55 bits per heavy atom. The number of hydrazone groups is 1. The minimum Gasteiger partial charge on any atom is -0.504 e. The third kappa shape index (κ3) is 3.38. The van der Waals surface area contributed by atoms with Gasteiger partial charge in [-0.1, -0.05) is 6.07 Å². The maximum Gasteiger partial charge on any atom is 0.281 e. The maximum absolute atomic E-state index is 11.7. The number of nitro benzene ring substituents is 1. The molecule has 0 unspecified atom stereocenters. The van der Waals surface area contributed by atoms with E-state index in [2.05, 4.69) is 10.5 Å². The molecule has 1 amide bonds. The van der Waals surface area contributed by atoms with Crippen LogP contribution >= 0.6 is 11.3 Å². The van der Waals surface area contributed by atoms with E-state index in [1.807, 2.05) is 0 Å². The van der Waals surface area contributed by atoms with Gasteiger partial charge in [0.2, 0.25) is 0 Å². The molecule has 1 aromatic heterocycles. The van der Waals surface area contributed by atoms with Crippen LogP contribution in [-0.2, 0) is 0 Å². The summed E-state index contributed by atoms with van der Waals surface area (Å²) in [6.07, 6.45) is 1.11. The number of methoxy groups -OCH3 is 1. The Morgan fingerprint density at radius 2 is 2.32 bits per heavy atom. The van der Waals surface area contributed by atoms with E-state index in [9.17, 15) is 20.0 Å². The fourth-order valence-corrected chi connectivity index (χ4v) is 2.21. The molecule has 1 heterocycles. The quantitative estimate of drug-likeness (QED) is 0.497. The number of nitrogens with zero attached hydrogens (tertiary/aromatic N) is 2. The first-order chi connectivity index (χ1) is 10.5. The number of carbonyl (C=O) groups is 1. The SMILES string of the molecule is COc1cc([N+](=O)[O-])cc(C=NNC(=O)c2cccs2)c1O. The second-order valence-corrected chi connectivity index (χ2v) is 4.97. The number of thiophene rings is 1. The van der Waals surface area contributed by atoms with Crippen LogP contribution in [0.1, 0.15) is 15.2 Å². The lowest BCUT2D eigenvalue weighted by Crippen LogP contribution is -2.16. The number of phenolic OH excluding ortho intramolecular Hbond substituents is 1. The third-order valence-electron chi connectivity index (χ3n) is 2.63. The van der Waals surface area contributed by atoms with Crippen LogP contribution in [0.2, 0.25) is 0 Å². The fraction of sp³-hybridized carbons (Fsp3) is 0.0769. The van der Waals surface area contributed by atoms with Gasteiger partial charge in [-0.05, 0) is 11.4 Å². The van der Waals surface area contributed by atoms with Crippen molar-refractivity contribution in [1.82, 2.24) is 5.43 Å². The van der Waals surface area contributed by atoms with Gasteiger partial charge in [0.25, 0.3) is 11.6 Å². The molecule has 0 radical (unpaired) electrons. The number of hydrogen-bond acceptors (Lipinski definition) is 7. The molecule has 0 fully saturated rings.